The number of thiocarbonyl (C=S) groups is 1. The SMILES string of the molecule is COCC(C)N(C)S(=O)(=O)c1cccnc1C(N)=S. The minimum absolute atomic E-state index is 0.00736. The third-order valence-electron chi connectivity index (χ3n) is 2.69. The molecule has 0 bridgehead atoms. The predicted molar refractivity (Wildman–Crippen MR) is 76.4 cm³/mol. The molecule has 0 aromatic carbocycles. The minimum Gasteiger partial charge on any atom is -0.388 e. The molecule has 1 aromatic heterocycles. The van der Waals surface area contributed by atoms with Crippen LogP contribution in [0.1, 0.15) is 12.6 Å². The van der Waals surface area contributed by atoms with Crippen LogP contribution in [-0.4, -0.2) is 49.5 Å². The summed E-state index contributed by atoms with van der Waals surface area (Å²) >= 11 is 4.83. The number of nitrogens with two attached hydrogens (primary N) is 1. The first-order valence-electron chi connectivity index (χ1n) is 5.54. The van der Waals surface area contributed by atoms with E-state index in [2.05, 4.69) is 4.98 Å². The molecule has 0 aliphatic carbocycles. The Morgan fingerprint density at radius 1 is 1.63 bits per heavy atom. The highest BCUT2D eigenvalue weighted by Crippen LogP contribution is 2.19. The molecule has 0 aliphatic heterocycles. The monoisotopic (exact) mass is 303 g/mol. The molecule has 2 N–H and O–H groups in total. The van der Waals surface area contributed by atoms with Crippen molar-refractivity contribution < 1.29 is 13.2 Å². The van der Waals surface area contributed by atoms with Crippen LogP contribution < -0.4 is 5.73 Å². The van der Waals surface area contributed by atoms with Crippen molar-refractivity contribution in [2.75, 3.05) is 20.8 Å². The lowest BCUT2D eigenvalue weighted by Crippen LogP contribution is -2.38. The zero-order chi connectivity index (χ0) is 14.6. The first-order chi connectivity index (χ1) is 8.82. The average molecular weight is 303 g/mol. The Bertz CT molecular complexity index is 560. The zero-order valence-corrected chi connectivity index (χ0v) is 12.7. The van der Waals surface area contributed by atoms with Gasteiger partial charge in [-0.05, 0) is 19.1 Å². The molecule has 1 aromatic rings. The van der Waals surface area contributed by atoms with Gasteiger partial charge in [0.1, 0.15) is 15.6 Å². The number of hydrogen-bond acceptors (Lipinski definition) is 5. The number of pyridine rings is 1. The molecule has 8 heteroatoms. The molecular formula is C11H17N3O3S2. The normalized spacial score (nSPS) is 13.5. The maximum absolute atomic E-state index is 12.5. The summed E-state index contributed by atoms with van der Waals surface area (Å²) in [5, 5.41) is 0. The smallest absolute Gasteiger partial charge is 0.245 e. The van der Waals surface area contributed by atoms with Crippen LogP contribution in [0.4, 0.5) is 0 Å². The van der Waals surface area contributed by atoms with Gasteiger partial charge in [-0.1, -0.05) is 12.2 Å². The molecule has 0 fully saturated rings. The zero-order valence-electron chi connectivity index (χ0n) is 11.0. The molecule has 106 valence electrons. The van der Waals surface area contributed by atoms with Gasteiger partial charge in [-0.15, -0.1) is 0 Å². The molecule has 19 heavy (non-hydrogen) atoms. The molecule has 0 aliphatic rings. The molecule has 0 amide bonds. The highest BCUT2D eigenvalue weighted by Gasteiger charge is 2.28. The van der Waals surface area contributed by atoms with Gasteiger partial charge in [0.05, 0.1) is 6.61 Å². The van der Waals surface area contributed by atoms with Gasteiger partial charge < -0.3 is 10.5 Å². The van der Waals surface area contributed by atoms with E-state index in [9.17, 15) is 8.42 Å². The van der Waals surface area contributed by atoms with Crippen LogP contribution in [0.15, 0.2) is 23.2 Å². The van der Waals surface area contributed by atoms with Crippen LogP contribution in [0.2, 0.25) is 0 Å². The number of methoxy groups -OCH3 is 1. The molecule has 0 saturated carbocycles. The van der Waals surface area contributed by atoms with Gasteiger partial charge in [0.2, 0.25) is 10.0 Å². The van der Waals surface area contributed by atoms with Crippen molar-refractivity contribution in [3.8, 4) is 0 Å². The third-order valence-corrected chi connectivity index (χ3v) is 4.89. The quantitative estimate of drug-likeness (QED) is 0.764. The third kappa shape index (κ3) is 3.47. The van der Waals surface area contributed by atoms with E-state index in [0.29, 0.717) is 6.61 Å². The van der Waals surface area contributed by atoms with Crippen LogP contribution in [0.5, 0.6) is 0 Å². The van der Waals surface area contributed by atoms with Crippen LogP contribution in [-0.2, 0) is 14.8 Å². The molecule has 0 spiro atoms. The van der Waals surface area contributed by atoms with Crippen molar-refractivity contribution in [3.63, 3.8) is 0 Å². The average Bonchev–Trinajstić information content (AvgIpc) is 2.38. The number of likely N-dealkylation sites (N-methyl/N-ethyl adjacent to an activating group) is 1. The highest BCUT2D eigenvalue weighted by molar-refractivity contribution is 7.89. The van der Waals surface area contributed by atoms with Gasteiger partial charge in [-0.3, -0.25) is 4.98 Å². The Morgan fingerprint density at radius 3 is 2.79 bits per heavy atom. The van der Waals surface area contributed by atoms with Crippen molar-refractivity contribution in [1.29, 1.82) is 0 Å². The van der Waals surface area contributed by atoms with E-state index in [4.69, 9.17) is 22.7 Å². The largest absolute Gasteiger partial charge is 0.388 e. The van der Waals surface area contributed by atoms with Gasteiger partial charge in [0.15, 0.2) is 0 Å². The van der Waals surface area contributed by atoms with Crippen molar-refractivity contribution in [1.82, 2.24) is 9.29 Å². The van der Waals surface area contributed by atoms with Crippen molar-refractivity contribution >= 4 is 27.2 Å². The van der Waals surface area contributed by atoms with E-state index in [0.717, 1.165) is 0 Å². The molecule has 0 saturated heterocycles. The minimum atomic E-state index is -3.71. The van der Waals surface area contributed by atoms with E-state index < -0.39 is 10.0 Å². The second-order valence-electron chi connectivity index (χ2n) is 4.04. The number of aromatic nitrogens is 1. The molecule has 6 nitrogen and oxygen atoms in total. The van der Waals surface area contributed by atoms with Crippen LogP contribution in [0.25, 0.3) is 0 Å². The second kappa shape index (κ2) is 6.38. The number of nitrogens with zero attached hydrogens (tertiary/aromatic N) is 2. The molecule has 1 rings (SSSR count). The summed E-state index contributed by atoms with van der Waals surface area (Å²) in [6.07, 6.45) is 1.45. The fourth-order valence-corrected chi connectivity index (χ4v) is 3.25. The Balaban J connectivity index is 3.24. The number of sulfonamides is 1. The number of hydrogen-bond donors (Lipinski definition) is 1. The van der Waals surface area contributed by atoms with Crippen molar-refractivity contribution in [2.45, 2.75) is 17.9 Å². The van der Waals surface area contributed by atoms with Crippen molar-refractivity contribution in [3.05, 3.63) is 24.0 Å². The lowest BCUT2D eigenvalue weighted by molar-refractivity contribution is 0.149. The van der Waals surface area contributed by atoms with Gasteiger partial charge >= 0.3 is 0 Å². The van der Waals surface area contributed by atoms with Gasteiger partial charge in [0.25, 0.3) is 0 Å². The molecule has 1 unspecified atom stereocenters. The lowest BCUT2D eigenvalue weighted by atomic mass is 10.3. The highest BCUT2D eigenvalue weighted by atomic mass is 32.2. The van der Waals surface area contributed by atoms with E-state index in [-0.39, 0.29) is 21.6 Å². The van der Waals surface area contributed by atoms with Crippen LogP contribution in [0.3, 0.4) is 0 Å². The summed E-state index contributed by atoms with van der Waals surface area (Å²) in [5.74, 6) is 0. The second-order valence-corrected chi connectivity index (χ2v) is 6.45. The summed E-state index contributed by atoms with van der Waals surface area (Å²) in [6, 6.07) is 2.66. The molecule has 1 atom stereocenters. The van der Waals surface area contributed by atoms with Gasteiger partial charge in [-0.25, -0.2) is 8.42 Å². The van der Waals surface area contributed by atoms with E-state index in [1.165, 1.54) is 36.8 Å². The first-order valence-corrected chi connectivity index (χ1v) is 7.39. The summed E-state index contributed by atoms with van der Waals surface area (Å²) in [4.78, 5) is 3.89. The van der Waals surface area contributed by atoms with Crippen LogP contribution >= 0.6 is 12.2 Å². The van der Waals surface area contributed by atoms with Gasteiger partial charge in [-0.2, -0.15) is 4.31 Å². The summed E-state index contributed by atoms with van der Waals surface area (Å²) in [5.41, 5.74) is 5.61. The maximum atomic E-state index is 12.5. The first kappa shape index (κ1) is 16.0. The van der Waals surface area contributed by atoms with E-state index in [1.54, 1.807) is 6.92 Å². The molecule has 1 heterocycles. The van der Waals surface area contributed by atoms with Crippen molar-refractivity contribution in [2.24, 2.45) is 5.73 Å². The van der Waals surface area contributed by atoms with E-state index >= 15 is 0 Å². The Kier molecular flexibility index (Phi) is 5.36. The Morgan fingerprint density at radius 2 is 2.26 bits per heavy atom. The molecule has 0 radical (unpaired) electrons. The number of rotatable bonds is 6. The number of ether oxygens (including phenoxy) is 1. The van der Waals surface area contributed by atoms with Gasteiger partial charge in [0, 0.05) is 26.4 Å². The maximum Gasteiger partial charge on any atom is 0.245 e. The molecular weight excluding hydrogens is 286 g/mol. The summed E-state index contributed by atoms with van der Waals surface area (Å²) < 4.78 is 31.2. The summed E-state index contributed by atoms with van der Waals surface area (Å²) in [7, 11) is -0.716. The topological polar surface area (TPSA) is 85.5 Å². The van der Waals surface area contributed by atoms with Crippen LogP contribution in [0, 0.1) is 0 Å². The fraction of sp³-hybridized carbons (Fsp3) is 0.455. The summed E-state index contributed by atoms with van der Waals surface area (Å²) in [6.45, 7) is 2.04. The fourth-order valence-electron chi connectivity index (χ4n) is 1.52. The Hall–Kier alpha value is -1.09. The standard InChI is InChI=1S/C11H17N3O3S2/c1-8(7-17-3)14(2)19(15,16)9-5-4-6-13-10(9)11(12)18/h4-6,8H,7H2,1-3H3,(H2,12,18). The lowest BCUT2D eigenvalue weighted by Gasteiger charge is -2.24. The predicted octanol–water partition coefficient (Wildman–Crippen LogP) is 0.371. The Labute approximate surface area is 118 Å². The van der Waals surface area contributed by atoms with E-state index in [1.807, 2.05) is 0 Å².